The van der Waals surface area contributed by atoms with Crippen LogP contribution in [0.3, 0.4) is 0 Å². The number of halogens is 1. The van der Waals surface area contributed by atoms with Crippen LogP contribution >= 0.6 is 0 Å². The smallest absolute Gasteiger partial charge is 0.260 e. The standard InChI is InChI=1S/C15H19FN2O3/c1-10-4-5-12(16)7-13(10)21-9-14(19)18-6-2-3-11(8-18)15(17)20/h4-5,7,11H,2-3,6,8-9H2,1H3,(H2,17,20). The molecule has 1 fully saturated rings. The SMILES string of the molecule is Cc1ccc(F)cc1OCC(=O)N1CCCC(C(N)=O)C1. The molecule has 2 amide bonds. The summed E-state index contributed by atoms with van der Waals surface area (Å²) in [7, 11) is 0. The van der Waals surface area contributed by atoms with Gasteiger partial charge in [0.25, 0.3) is 5.91 Å². The van der Waals surface area contributed by atoms with Gasteiger partial charge in [0, 0.05) is 19.2 Å². The fourth-order valence-electron chi connectivity index (χ4n) is 2.40. The molecule has 0 aliphatic carbocycles. The number of benzene rings is 1. The van der Waals surface area contributed by atoms with Gasteiger partial charge in [-0.25, -0.2) is 4.39 Å². The molecule has 1 heterocycles. The number of amides is 2. The largest absolute Gasteiger partial charge is 0.483 e. The predicted octanol–water partition coefficient (Wildman–Crippen LogP) is 1.24. The number of piperidine rings is 1. The highest BCUT2D eigenvalue weighted by atomic mass is 19.1. The lowest BCUT2D eigenvalue weighted by Gasteiger charge is -2.31. The van der Waals surface area contributed by atoms with Gasteiger partial charge in [0.2, 0.25) is 5.91 Å². The van der Waals surface area contributed by atoms with Crippen LogP contribution < -0.4 is 10.5 Å². The van der Waals surface area contributed by atoms with E-state index in [2.05, 4.69) is 0 Å². The Kier molecular flexibility index (Phi) is 4.77. The molecule has 0 aromatic heterocycles. The summed E-state index contributed by atoms with van der Waals surface area (Å²) < 4.78 is 18.5. The average molecular weight is 294 g/mol. The summed E-state index contributed by atoms with van der Waals surface area (Å²) >= 11 is 0. The summed E-state index contributed by atoms with van der Waals surface area (Å²) in [6, 6.07) is 4.19. The van der Waals surface area contributed by atoms with Gasteiger partial charge in [0.1, 0.15) is 11.6 Å². The first-order valence-electron chi connectivity index (χ1n) is 6.93. The Balaban J connectivity index is 1.92. The van der Waals surface area contributed by atoms with Crippen molar-refractivity contribution in [3.8, 4) is 5.75 Å². The van der Waals surface area contributed by atoms with Gasteiger partial charge < -0.3 is 15.4 Å². The lowest BCUT2D eigenvalue weighted by molar-refractivity contribution is -0.136. The maximum Gasteiger partial charge on any atom is 0.260 e. The van der Waals surface area contributed by atoms with Gasteiger partial charge in [-0.05, 0) is 31.4 Å². The van der Waals surface area contributed by atoms with Crippen LogP contribution in [0.1, 0.15) is 18.4 Å². The quantitative estimate of drug-likeness (QED) is 0.908. The highest BCUT2D eigenvalue weighted by molar-refractivity contribution is 5.81. The molecule has 1 unspecified atom stereocenters. The second-order valence-corrected chi connectivity index (χ2v) is 5.28. The molecule has 0 bridgehead atoms. The van der Waals surface area contributed by atoms with Crippen molar-refractivity contribution >= 4 is 11.8 Å². The maximum absolute atomic E-state index is 13.1. The second-order valence-electron chi connectivity index (χ2n) is 5.28. The lowest BCUT2D eigenvalue weighted by Crippen LogP contribution is -2.45. The molecule has 1 aliphatic rings. The first-order valence-corrected chi connectivity index (χ1v) is 6.93. The highest BCUT2D eigenvalue weighted by Gasteiger charge is 2.27. The van der Waals surface area contributed by atoms with Gasteiger partial charge in [0.15, 0.2) is 6.61 Å². The van der Waals surface area contributed by atoms with Crippen molar-refractivity contribution < 1.29 is 18.7 Å². The van der Waals surface area contributed by atoms with Gasteiger partial charge >= 0.3 is 0 Å². The van der Waals surface area contributed by atoms with Crippen molar-refractivity contribution in [1.29, 1.82) is 0 Å². The summed E-state index contributed by atoms with van der Waals surface area (Å²) in [5.41, 5.74) is 6.04. The number of hydrogen-bond acceptors (Lipinski definition) is 3. The van der Waals surface area contributed by atoms with Crippen LogP contribution in [0.5, 0.6) is 5.75 Å². The minimum absolute atomic E-state index is 0.171. The van der Waals surface area contributed by atoms with Crippen LogP contribution in [0, 0.1) is 18.7 Å². The van der Waals surface area contributed by atoms with E-state index in [1.165, 1.54) is 12.1 Å². The molecule has 1 atom stereocenters. The van der Waals surface area contributed by atoms with Gasteiger partial charge in [-0.1, -0.05) is 6.07 Å². The summed E-state index contributed by atoms with van der Waals surface area (Å²) in [5, 5.41) is 0. The molecule has 2 rings (SSSR count). The van der Waals surface area contributed by atoms with E-state index in [-0.39, 0.29) is 24.3 Å². The summed E-state index contributed by atoms with van der Waals surface area (Å²) in [4.78, 5) is 24.9. The van der Waals surface area contributed by atoms with Crippen molar-refractivity contribution in [3.63, 3.8) is 0 Å². The number of ether oxygens (including phenoxy) is 1. The van der Waals surface area contributed by atoms with Crippen molar-refractivity contribution in [2.45, 2.75) is 19.8 Å². The predicted molar refractivity (Wildman–Crippen MR) is 75.1 cm³/mol. The number of hydrogen-bond donors (Lipinski definition) is 1. The molecular weight excluding hydrogens is 275 g/mol. The molecule has 1 aliphatic heterocycles. The number of carbonyl (C=O) groups excluding carboxylic acids is 2. The lowest BCUT2D eigenvalue weighted by atomic mass is 9.97. The first kappa shape index (κ1) is 15.3. The maximum atomic E-state index is 13.1. The van der Waals surface area contributed by atoms with Gasteiger partial charge in [-0.3, -0.25) is 9.59 Å². The minimum atomic E-state index is -0.408. The molecule has 1 aromatic carbocycles. The van der Waals surface area contributed by atoms with Crippen LogP contribution in [0.2, 0.25) is 0 Å². The number of rotatable bonds is 4. The number of carbonyl (C=O) groups is 2. The molecule has 0 saturated carbocycles. The number of likely N-dealkylation sites (tertiary alicyclic amines) is 1. The van der Waals surface area contributed by atoms with E-state index >= 15 is 0 Å². The Morgan fingerprint density at radius 2 is 2.24 bits per heavy atom. The molecule has 0 radical (unpaired) electrons. The number of primary amides is 1. The first-order chi connectivity index (χ1) is 9.97. The fraction of sp³-hybridized carbons (Fsp3) is 0.467. The number of aryl methyl sites for hydroxylation is 1. The summed E-state index contributed by atoms with van der Waals surface area (Å²) in [5.74, 6) is -0.945. The topological polar surface area (TPSA) is 72.6 Å². The van der Waals surface area contributed by atoms with E-state index in [0.717, 1.165) is 12.0 Å². The Bertz CT molecular complexity index is 548. The van der Waals surface area contributed by atoms with Gasteiger partial charge in [0.05, 0.1) is 5.92 Å². The molecule has 2 N–H and O–H groups in total. The van der Waals surface area contributed by atoms with Crippen LogP contribution in [-0.2, 0) is 9.59 Å². The molecule has 1 aromatic rings. The van der Waals surface area contributed by atoms with Gasteiger partial charge in [-0.15, -0.1) is 0 Å². The van der Waals surface area contributed by atoms with E-state index in [1.807, 2.05) is 0 Å². The van der Waals surface area contributed by atoms with Crippen LogP contribution in [0.15, 0.2) is 18.2 Å². The van der Waals surface area contributed by atoms with E-state index in [4.69, 9.17) is 10.5 Å². The summed E-state index contributed by atoms with van der Waals surface area (Å²) in [6.07, 6.45) is 1.46. The van der Waals surface area contributed by atoms with E-state index in [9.17, 15) is 14.0 Å². The van der Waals surface area contributed by atoms with E-state index in [1.54, 1.807) is 17.9 Å². The zero-order valence-corrected chi connectivity index (χ0v) is 12.0. The van der Waals surface area contributed by atoms with Crippen molar-refractivity contribution in [2.24, 2.45) is 11.7 Å². The summed E-state index contributed by atoms with van der Waals surface area (Å²) in [6.45, 7) is 2.53. The molecule has 5 nitrogen and oxygen atoms in total. The fourth-order valence-corrected chi connectivity index (χ4v) is 2.40. The van der Waals surface area contributed by atoms with E-state index < -0.39 is 5.82 Å². The molecule has 1 saturated heterocycles. The van der Waals surface area contributed by atoms with Crippen molar-refractivity contribution in [1.82, 2.24) is 4.90 Å². The van der Waals surface area contributed by atoms with Crippen LogP contribution in [0.25, 0.3) is 0 Å². The third-order valence-corrected chi connectivity index (χ3v) is 3.68. The molecule has 21 heavy (non-hydrogen) atoms. The Hall–Kier alpha value is -2.11. The van der Waals surface area contributed by atoms with Crippen molar-refractivity contribution in [2.75, 3.05) is 19.7 Å². The normalized spacial score (nSPS) is 18.4. The number of nitrogens with two attached hydrogens (primary N) is 1. The zero-order valence-electron chi connectivity index (χ0n) is 12.0. The highest BCUT2D eigenvalue weighted by Crippen LogP contribution is 2.20. The minimum Gasteiger partial charge on any atom is -0.483 e. The Morgan fingerprint density at radius 3 is 2.95 bits per heavy atom. The molecule has 6 heteroatoms. The average Bonchev–Trinajstić information content (AvgIpc) is 2.48. The third-order valence-electron chi connectivity index (χ3n) is 3.68. The Labute approximate surface area is 122 Å². The third kappa shape index (κ3) is 3.93. The Morgan fingerprint density at radius 1 is 1.48 bits per heavy atom. The van der Waals surface area contributed by atoms with E-state index in [0.29, 0.717) is 25.3 Å². The second kappa shape index (κ2) is 6.56. The number of nitrogens with zero attached hydrogens (tertiary/aromatic N) is 1. The monoisotopic (exact) mass is 294 g/mol. The van der Waals surface area contributed by atoms with Crippen molar-refractivity contribution in [3.05, 3.63) is 29.6 Å². The molecule has 114 valence electrons. The van der Waals surface area contributed by atoms with Crippen LogP contribution in [0.4, 0.5) is 4.39 Å². The van der Waals surface area contributed by atoms with Crippen LogP contribution in [-0.4, -0.2) is 36.4 Å². The molecule has 0 spiro atoms. The zero-order chi connectivity index (χ0) is 15.4. The van der Waals surface area contributed by atoms with Gasteiger partial charge in [-0.2, -0.15) is 0 Å². The molecular formula is C15H19FN2O3.